The molecule has 0 spiro atoms. The van der Waals surface area contributed by atoms with Gasteiger partial charge in [0.1, 0.15) is 28.4 Å². The molecule has 3 aromatic carbocycles. The quantitative estimate of drug-likeness (QED) is 0.0892. The number of unbranched alkanes of at least 4 members (excludes halogenated alkanes) is 2. The third-order valence-electron chi connectivity index (χ3n) is 9.63. The third kappa shape index (κ3) is 8.15. The summed E-state index contributed by atoms with van der Waals surface area (Å²) in [6.45, 7) is 7.54. The Kier molecular flexibility index (Phi) is 11.3. The number of nitrogens with zero attached hydrogens (tertiary/aromatic N) is 4. The lowest BCUT2D eigenvalue weighted by molar-refractivity contribution is -0.122. The number of halogens is 1. The molecule has 0 bridgehead atoms. The van der Waals surface area contributed by atoms with Gasteiger partial charge in [0, 0.05) is 34.2 Å². The zero-order valence-electron chi connectivity index (χ0n) is 30.4. The number of aliphatic imine (C=N–C) groups is 1. The number of carbonyl (C=O) groups is 3. The van der Waals surface area contributed by atoms with E-state index in [1.165, 1.54) is 4.88 Å². The fourth-order valence-electron chi connectivity index (χ4n) is 6.82. The van der Waals surface area contributed by atoms with Crippen molar-refractivity contribution in [2.45, 2.75) is 65.3 Å². The molecule has 7 rings (SSSR count). The highest BCUT2D eigenvalue weighted by molar-refractivity contribution is 7.15. The van der Waals surface area contributed by atoms with Gasteiger partial charge in [-0.1, -0.05) is 54.4 Å². The lowest BCUT2D eigenvalue weighted by Crippen LogP contribution is -2.37. The van der Waals surface area contributed by atoms with Crippen molar-refractivity contribution in [3.8, 4) is 16.5 Å². The minimum atomic E-state index is -0.526. The SMILES string of the molecule is Cc1sc2c(c1C)C(c1ccc(Cl)cc1)=N[C@@H](CC(=O)NCCOCCCCCc1cccc(Oc3cccc4c3C(=O)NC(=O)C4)c1)c1nnc(C)n1-2. The highest BCUT2D eigenvalue weighted by atomic mass is 35.5. The third-order valence-corrected chi connectivity index (χ3v) is 11.1. The molecule has 2 aromatic heterocycles. The Labute approximate surface area is 322 Å². The molecule has 4 heterocycles. The number of carbonyl (C=O) groups excluding carboxylic acids is 3. The minimum absolute atomic E-state index is 0.123. The summed E-state index contributed by atoms with van der Waals surface area (Å²) in [6, 6.07) is 20.3. The van der Waals surface area contributed by atoms with Crippen LogP contribution in [0.25, 0.3) is 5.00 Å². The number of ether oxygens (including phenoxy) is 2. The van der Waals surface area contributed by atoms with Crippen molar-refractivity contribution in [1.82, 2.24) is 25.4 Å². The number of aryl methyl sites for hydroxylation is 3. The Morgan fingerprint density at radius 1 is 0.981 bits per heavy atom. The zero-order chi connectivity index (χ0) is 37.8. The van der Waals surface area contributed by atoms with Crippen LogP contribution in [0.3, 0.4) is 0 Å². The van der Waals surface area contributed by atoms with Crippen LogP contribution in [0.5, 0.6) is 11.5 Å². The van der Waals surface area contributed by atoms with Crippen molar-refractivity contribution in [3.63, 3.8) is 0 Å². The molecule has 2 N–H and O–H groups in total. The summed E-state index contributed by atoms with van der Waals surface area (Å²) in [5.74, 6) is 1.59. The first-order valence-electron chi connectivity index (χ1n) is 18.1. The van der Waals surface area contributed by atoms with Crippen LogP contribution in [-0.4, -0.2) is 58.0 Å². The predicted molar refractivity (Wildman–Crippen MR) is 208 cm³/mol. The van der Waals surface area contributed by atoms with E-state index in [0.29, 0.717) is 53.2 Å². The van der Waals surface area contributed by atoms with E-state index in [0.717, 1.165) is 64.5 Å². The Bertz CT molecular complexity index is 2240. The second-order valence-electron chi connectivity index (χ2n) is 13.5. The fraction of sp³-hybridized carbons (Fsp3) is 0.317. The maximum atomic E-state index is 13.2. The van der Waals surface area contributed by atoms with Crippen molar-refractivity contribution in [2.75, 3.05) is 19.8 Å². The van der Waals surface area contributed by atoms with Crippen LogP contribution in [0, 0.1) is 20.8 Å². The number of nitrogens with one attached hydrogen (secondary N) is 2. The lowest BCUT2D eigenvalue weighted by atomic mass is 9.99. The molecule has 0 fully saturated rings. The molecule has 278 valence electrons. The first-order chi connectivity index (χ1) is 26.2. The molecule has 5 aromatic rings. The summed E-state index contributed by atoms with van der Waals surface area (Å²) in [4.78, 5) is 43.8. The molecule has 2 aliphatic rings. The molecule has 1 atom stereocenters. The van der Waals surface area contributed by atoms with Gasteiger partial charge < -0.3 is 14.8 Å². The smallest absolute Gasteiger partial charge is 0.261 e. The number of amides is 3. The predicted octanol–water partition coefficient (Wildman–Crippen LogP) is 7.34. The molecule has 0 saturated heterocycles. The van der Waals surface area contributed by atoms with E-state index in [1.807, 2.05) is 54.0 Å². The molecular formula is C41H41ClN6O5S. The second kappa shape index (κ2) is 16.5. The summed E-state index contributed by atoms with van der Waals surface area (Å²) in [7, 11) is 0. The van der Waals surface area contributed by atoms with Gasteiger partial charge in [-0.15, -0.1) is 21.5 Å². The van der Waals surface area contributed by atoms with E-state index < -0.39 is 11.9 Å². The number of fused-ring (bicyclic) bond motifs is 4. The summed E-state index contributed by atoms with van der Waals surface area (Å²) in [6.07, 6.45) is 4.01. The van der Waals surface area contributed by atoms with E-state index in [4.69, 9.17) is 26.1 Å². The topological polar surface area (TPSA) is 137 Å². The molecule has 2 aliphatic heterocycles. The minimum Gasteiger partial charge on any atom is -0.457 e. The number of benzene rings is 3. The number of thiophene rings is 1. The van der Waals surface area contributed by atoms with E-state index in [1.54, 1.807) is 29.5 Å². The van der Waals surface area contributed by atoms with E-state index in [-0.39, 0.29) is 24.7 Å². The number of rotatable bonds is 14. The van der Waals surface area contributed by atoms with Crippen LogP contribution in [0.4, 0.5) is 0 Å². The number of hydrogen-bond donors (Lipinski definition) is 2. The van der Waals surface area contributed by atoms with Crippen molar-refractivity contribution >= 4 is 46.4 Å². The van der Waals surface area contributed by atoms with Crippen LogP contribution < -0.4 is 15.4 Å². The summed E-state index contributed by atoms with van der Waals surface area (Å²) >= 11 is 7.90. The zero-order valence-corrected chi connectivity index (χ0v) is 32.0. The van der Waals surface area contributed by atoms with Crippen LogP contribution in [0.15, 0.2) is 71.7 Å². The molecule has 0 unspecified atom stereocenters. The van der Waals surface area contributed by atoms with Gasteiger partial charge in [0.05, 0.1) is 30.7 Å². The van der Waals surface area contributed by atoms with Gasteiger partial charge in [0.2, 0.25) is 11.8 Å². The van der Waals surface area contributed by atoms with E-state index >= 15 is 0 Å². The van der Waals surface area contributed by atoms with Crippen LogP contribution in [0.2, 0.25) is 5.02 Å². The number of hydrogen-bond acceptors (Lipinski definition) is 9. The molecular weight excluding hydrogens is 724 g/mol. The summed E-state index contributed by atoms with van der Waals surface area (Å²) in [5, 5.41) is 15.9. The highest BCUT2D eigenvalue weighted by Gasteiger charge is 2.32. The molecule has 11 nitrogen and oxygen atoms in total. The maximum absolute atomic E-state index is 13.2. The fourth-order valence-corrected chi connectivity index (χ4v) is 8.16. The summed E-state index contributed by atoms with van der Waals surface area (Å²) < 4.78 is 14.0. The lowest BCUT2D eigenvalue weighted by Gasteiger charge is -2.18. The molecule has 0 saturated carbocycles. The van der Waals surface area contributed by atoms with Gasteiger partial charge in [-0.25, -0.2) is 0 Å². The summed E-state index contributed by atoms with van der Waals surface area (Å²) in [5.41, 5.74) is 6.12. The van der Waals surface area contributed by atoms with Gasteiger partial charge in [-0.2, -0.15) is 0 Å². The molecule has 54 heavy (non-hydrogen) atoms. The Morgan fingerprint density at radius 2 is 1.80 bits per heavy atom. The van der Waals surface area contributed by atoms with Gasteiger partial charge in [-0.3, -0.25) is 29.3 Å². The largest absolute Gasteiger partial charge is 0.457 e. The average molecular weight is 765 g/mol. The van der Waals surface area contributed by atoms with Crippen LogP contribution in [0.1, 0.15) is 86.4 Å². The first-order valence-corrected chi connectivity index (χ1v) is 19.3. The van der Waals surface area contributed by atoms with E-state index in [2.05, 4.69) is 40.7 Å². The number of imide groups is 1. The second-order valence-corrected chi connectivity index (χ2v) is 15.1. The van der Waals surface area contributed by atoms with E-state index in [9.17, 15) is 14.4 Å². The van der Waals surface area contributed by atoms with Gasteiger partial charge in [0.25, 0.3) is 5.91 Å². The van der Waals surface area contributed by atoms with Gasteiger partial charge in [-0.05, 0) is 87.1 Å². The molecule has 13 heteroatoms. The Morgan fingerprint density at radius 3 is 2.63 bits per heavy atom. The monoisotopic (exact) mass is 764 g/mol. The number of aromatic nitrogens is 3. The van der Waals surface area contributed by atoms with Gasteiger partial charge in [0.15, 0.2) is 5.82 Å². The van der Waals surface area contributed by atoms with Crippen molar-refractivity contribution in [1.29, 1.82) is 0 Å². The maximum Gasteiger partial charge on any atom is 0.261 e. The average Bonchev–Trinajstić information content (AvgIpc) is 3.62. The van der Waals surface area contributed by atoms with Crippen molar-refractivity contribution in [2.24, 2.45) is 4.99 Å². The van der Waals surface area contributed by atoms with Crippen LogP contribution >= 0.6 is 22.9 Å². The standard InChI is InChI=1S/C41H41ClN6O5S/c1-24-25(2)54-41-36(24)38(28-14-16-30(42)17-15-28)44-32(39-47-46-26(3)48(39)41)23-34(49)43-18-20-52-19-6-4-5-9-27-10-7-12-31(21-27)53-33-13-8-11-29-22-35(50)45-40(51)37(29)33/h7-8,10-17,21,32H,4-6,9,18-20,22-23H2,1-3H3,(H,43,49)(H,45,50,51)/t32-/m0/s1. The van der Waals surface area contributed by atoms with Crippen LogP contribution in [-0.2, 0) is 27.2 Å². The van der Waals surface area contributed by atoms with Crippen molar-refractivity contribution < 1.29 is 23.9 Å². The molecule has 0 radical (unpaired) electrons. The highest BCUT2D eigenvalue weighted by Crippen LogP contribution is 2.39. The Balaban J connectivity index is 0.868. The molecule has 0 aliphatic carbocycles. The molecule has 3 amide bonds. The normalized spacial score (nSPS) is 14.7. The first kappa shape index (κ1) is 37.2. The Hall–Kier alpha value is -5.17. The van der Waals surface area contributed by atoms with Gasteiger partial charge >= 0.3 is 0 Å². The van der Waals surface area contributed by atoms with Crippen molar-refractivity contribution in [3.05, 3.63) is 122 Å².